The number of nitrogens with one attached hydrogen (secondary N) is 1. The van der Waals surface area contributed by atoms with Gasteiger partial charge in [-0.25, -0.2) is 9.97 Å². The van der Waals surface area contributed by atoms with Gasteiger partial charge in [-0.1, -0.05) is 18.2 Å². The van der Waals surface area contributed by atoms with Crippen molar-refractivity contribution in [2.45, 2.75) is 38.1 Å². The maximum absolute atomic E-state index is 13.0. The van der Waals surface area contributed by atoms with E-state index < -0.39 is 5.91 Å². The average Bonchev–Trinajstić information content (AvgIpc) is 3.58. The lowest BCUT2D eigenvalue weighted by atomic mass is 10.1. The van der Waals surface area contributed by atoms with E-state index in [1.54, 1.807) is 17.0 Å². The largest absolute Gasteiger partial charge is 0.506 e. The van der Waals surface area contributed by atoms with Crippen LogP contribution in [0, 0.1) is 0 Å². The van der Waals surface area contributed by atoms with Crippen molar-refractivity contribution in [3.8, 4) is 11.6 Å². The smallest absolute Gasteiger partial charge is 0.258 e. The van der Waals surface area contributed by atoms with E-state index in [1.807, 2.05) is 4.57 Å². The fourth-order valence-electron chi connectivity index (χ4n) is 4.59. The molecule has 0 aliphatic carbocycles. The number of carbonyl (C=O) groups is 2. The molecule has 2 aliphatic heterocycles. The van der Waals surface area contributed by atoms with Crippen LogP contribution in [-0.4, -0.2) is 69.8 Å². The van der Waals surface area contributed by atoms with Crippen LogP contribution in [0.15, 0.2) is 43.1 Å². The summed E-state index contributed by atoms with van der Waals surface area (Å²) in [6.07, 6.45) is 7.80. The van der Waals surface area contributed by atoms with Gasteiger partial charge in [0.25, 0.3) is 5.91 Å². The molecule has 3 aromatic rings. The second kappa shape index (κ2) is 12.7. The van der Waals surface area contributed by atoms with E-state index >= 15 is 0 Å². The van der Waals surface area contributed by atoms with Crippen LogP contribution in [0.4, 0.5) is 5.95 Å². The molecule has 2 fully saturated rings. The monoisotopic (exact) mass is 541 g/mol. The van der Waals surface area contributed by atoms with Crippen molar-refractivity contribution in [1.29, 1.82) is 0 Å². The molecule has 38 heavy (non-hydrogen) atoms. The molecule has 2 N–H and O–H groups in total. The van der Waals surface area contributed by atoms with Crippen molar-refractivity contribution in [2.24, 2.45) is 0 Å². The number of benzene rings is 1. The van der Waals surface area contributed by atoms with Crippen molar-refractivity contribution < 1.29 is 24.2 Å². The second-order valence-corrected chi connectivity index (χ2v) is 9.45. The Bertz CT molecular complexity index is 1300. The fraction of sp³-hybridized carbons (Fsp3) is 0.407. The minimum absolute atomic E-state index is 0.0882. The van der Waals surface area contributed by atoms with Crippen molar-refractivity contribution in [3.05, 3.63) is 53.7 Å². The minimum atomic E-state index is -0.403. The van der Waals surface area contributed by atoms with Crippen LogP contribution in [0.3, 0.4) is 0 Å². The van der Waals surface area contributed by atoms with Gasteiger partial charge in [0.2, 0.25) is 17.7 Å². The summed E-state index contributed by atoms with van der Waals surface area (Å²) in [6, 6.07) is 5.98. The lowest BCUT2D eigenvalue weighted by Gasteiger charge is -2.26. The molecule has 0 bridgehead atoms. The van der Waals surface area contributed by atoms with Gasteiger partial charge < -0.3 is 24.0 Å². The number of hydrogen-bond acceptors (Lipinski definition) is 7. The summed E-state index contributed by atoms with van der Waals surface area (Å²) in [4.78, 5) is 35.7. The second-order valence-electron chi connectivity index (χ2n) is 9.07. The van der Waals surface area contributed by atoms with Crippen LogP contribution in [0.25, 0.3) is 11.0 Å². The summed E-state index contributed by atoms with van der Waals surface area (Å²) in [7, 11) is 1.47. The number of methoxy groups -OCH3 is 1. The molecule has 5 rings (SSSR count). The number of pyridine rings is 1. The zero-order chi connectivity index (χ0) is 27.1. The number of amides is 2. The van der Waals surface area contributed by atoms with Gasteiger partial charge >= 0.3 is 0 Å². The molecule has 2 amide bonds. The first-order valence-corrected chi connectivity index (χ1v) is 13.0. The molecule has 0 spiro atoms. The number of rotatable bonds is 5. The Labute approximate surface area is 226 Å². The highest BCUT2D eigenvalue weighted by atomic mass is 35.5. The first-order chi connectivity index (χ1) is 18.4. The third kappa shape index (κ3) is 6.25. The van der Waals surface area contributed by atoms with Crippen molar-refractivity contribution in [1.82, 2.24) is 19.4 Å². The number of aromatic hydroxyl groups is 1. The first-order valence-electron chi connectivity index (χ1n) is 12.6. The Balaban J connectivity index is 0.000000603. The van der Waals surface area contributed by atoms with Gasteiger partial charge in [-0.2, -0.15) is 0 Å². The van der Waals surface area contributed by atoms with Crippen molar-refractivity contribution in [2.75, 3.05) is 38.7 Å². The number of ether oxygens (including phenoxy) is 2. The number of aromatic nitrogens is 3. The lowest BCUT2D eigenvalue weighted by Crippen LogP contribution is -2.34. The molecule has 1 aromatic carbocycles. The van der Waals surface area contributed by atoms with Gasteiger partial charge in [-0.05, 0) is 56.4 Å². The van der Waals surface area contributed by atoms with E-state index in [2.05, 4.69) is 21.9 Å². The van der Waals surface area contributed by atoms with Gasteiger partial charge in [-0.15, -0.1) is 0 Å². The molecule has 0 saturated carbocycles. The summed E-state index contributed by atoms with van der Waals surface area (Å²) in [5.41, 5.74) is 1.36. The van der Waals surface area contributed by atoms with E-state index in [9.17, 15) is 14.7 Å². The molecule has 2 aliphatic rings. The Morgan fingerprint density at radius 3 is 2.71 bits per heavy atom. The topological polar surface area (TPSA) is 119 Å². The normalized spacial score (nSPS) is 17.3. The Morgan fingerprint density at radius 2 is 2.03 bits per heavy atom. The van der Waals surface area contributed by atoms with E-state index in [4.69, 9.17) is 21.1 Å². The number of phenolic OH excluding ortho intramolecular Hbond substituents is 1. The number of phenols is 1. The van der Waals surface area contributed by atoms with Gasteiger partial charge in [0, 0.05) is 44.1 Å². The molecular weight excluding hydrogens is 510 g/mol. The highest BCUT2D eigenvalue weighted by Gasteiger charge is 2.28. The van der Waals surface area contributed by atoms with E-state index in [0.717, 1.165) is 32.5 Å². The van der Waals surface area contributed by atoms with E-state index in [-0.39, 0.29) is 28.7 Å². The molecule has 202 valence electrons. The molecule has 2 saturated heterocycles. The van der Waals surface area contributed by atoms with Crippen LogP contribution >= 0.6 is 11.6 Å². The van der Waals surface area contributed by atoms with Crippen LogP contribution in [-0.2, 0) is 9.53 Å². The van der Waals surface area contributed by atoms with Crippen LogP contribution in [0.1, 0.15) is 48.5 Å². The lowest BCUT2D eigenvalue weighted by molar-refractivity contribution is -0.126. The van der Waals surface area contributed by atoms with E-state index in [0.29, 0.717) is 35.6 Å². The molecule has 2 aromatic heterocycles. The number of anilines is 1. The predicted molar refractivity (Wildman–Crippen MR) is 145 cm³/mol. The summed E-state index contributed by atoms with van der Waals surface area (Å²) in [6.45, 7) is 6.61. The molecule has 11 heteroatoms. The predicted octanol–water partition coefficient (Wildman–Crippen LogP) is 4.59. The minimum Gasteiger partial charge on any atom is -0.506 e. The number of carbonyl (C=O) groups excluding carboxylic acids is 2. The number of likely N-dealkylation sites (tertiary alicyclic amines) is 1. The van der Waals surface area contributed by atoms with Crippen LogP contribution in [0.2, 0.25) is 5.02 Å². The quantitative estimate of drug-likeness (QED) is 0.453. The Hall–Kier alpha value is -3.63. The SMILES string of the molecule is C1CCOC1.C=CC(=O)N1CCCCC(n2c(NC(=O)c3ccnc(OC)c3)nc3ccc(O)c(Cl)c32)C1. The first kappa shape index (κ1) is 27.4. The highest BCUT2D eigenvalue weighted by molar-refractivity contribution is 6.36. The fourth-order valence-corrected chi connectivity index (χ4v) is 4.84. The van der Waals surface area contributed by atoms with Gasteiger partial charge in [0.1, 0.15) is 10.8 Å². The zero-order valence-electron chi connectivity index (χ0n) is 21.4. The van der Waals surface area contributed by atoms with Crippen LogP contribution < -0.4 is 10.1 Å². The number of nitrogens with zero attached hydrogens (tertiary/aromatic N) is 4. The summed E-state index contributed by atoms with van der Waals surface area (Å²) in [5, 5.41) is 13.2. The highest BCUT2D eigenvalue weighted by Crippen LogP contribution is 2.38. The standard InChI is InChI=1S/C23H24ClN5O4.C4H8O/c1-3-19(31)28-11-5-4-6-15(13-28)29-21-16(7-8-17(30)20(21)24)26-23(29)27-22(32)14-9-10-25-18(12-14)33-2;1-2-4-5-3-1/h3,7-10,12,15,30H,1,4-6,11,13H2,2H3,(H,26,27,32);1-4H2. The number of imidazole rings is 1. The zero-order valence-corrected chi connectivity index (χ0v) is 22.1. The van der Waals surface area contributed by atoms with Crippen LogP contribution in [0.5, 0.6) is 11.6 Å². The van der Waals surface area contributed by atoms with Crippen molar-refractivity contribution in [3.63, 3.8) is 0 Å². The molecule has 1 atom stereocenters. The molecular formula is C27H32ClN5O5. The maximum Gasteiger partial charge on any atom is 0.258 e. The van der Waals surface area contributed by atoms with Gasteiger partial charge in [-0.3, -0.25) is 14.9 Å². The third-order valence-corrected chi connectivity index (χ3v) is 6.90. The third-order valence-electron chi connectivity index (χ3n) is 6.53. The molecule has 4 heterocycles. The van der Waals surface area contributed by atoms with Crippen molar-refractivity contribution >= 4 is 40.4 Å². The van der Waals surface area contributed by atoms with E-state index in [1.165, 1.54) is 44.4 Å². The summed E-state index contributed by atoms with van der Waals surface area (Å²) in [5.74, 6) is -0.0627. The summed E-state index contributed by atoms with van der Waals surface area (Å²) >= 11 is 6.48. The number of hydrogen-bond donors (Lipinski definition) is 2. The maximum atomic E-state index is 13.0. The number of fused-ring (bicyclic) bond motifs is 1. The molecule has 1 unspecified atom stereocenters. The number of halogens is 1. The molecule has 10 nitrogen and oxygen atoms in total. The summed E-state index contributed by atoms with van der Waals surface area (Å²) < 4.78 is 11.9. The Morgan fingerprint density at radius 1 is 1.24 bits per heavy atom. The molecule has 0 radical (unpaired) electrons. The van der Waals surface area contributed by atoms with Gasteiger partial charge in [0.05, 0.1) is 24.2 Å². The Kier molecular flexibility index (Phi) is 9.19. The van der Waals surface area contributed by atoms with Gasteiger partial charge in [0.15, 0.2) is 0 Å². The average molecular weight is 542 g/mol.